The van der Waals surface area contributed by atoms with Crippen LogP contribution in [0.5, 0.6) is 5.75 Å². The minimum absolute atomic E-state index is 0.372. The molecule has 0 amide bonds. The maximum Gasteiger partial charge on any atom is 0.120 e. The van der Waals surface area contributed by atoms with Gasteiger partial charge in [0.05, 0.1) is 0 Å². The van der Waals surface area contributed by atoms with Gasteiger partial charge in [0, 0.05) is 11.6 Å². The summed E-state index contributed by atoms with van der Waals surface area (Å²) in [6, 6.07) is 8.21. The van der Waals surface area contributed by atoms with Crippen LogP contribution in [0, 0.1) is 5.92 Å². The number of phenolic OH excluding ortho intramolecular Hbond substituents is 1. The van der Waals surface area contributed by atoms with Crippen LogP contribution >= 0.6 is 0 Å². The first-order valence-corrected chi connectivity index (χ1v) is 8.28. The molecule has 2 unspecified atom stereocenters. The van der Waals surface area contributed by atoms with Crippen molar-refractivity contribution in [3.05, 3.63) is 29.8 Å². The second-order valence-electron chi connectivity index (χ2n) is 6.10. The fourth-order valence-corrected chi connectivity index (χ4v) is 3.64. The molecule has 112 valence electrons. The SMILES string of the molecule is CCCC1CCCN(C(CC)c2ccccc2O)CC1. The van der Waals surface area contributed by atoms with Gasteiger partial charge in [0.15, 0.2) is 0 Å². The molecule has 0 saturated carbocycles. The van der Waals surface area contributed by atoms with Gasteiger partial charge in [-0.2, -0.15) is 0 Å². The van der Waals surface area contributed by atoms with Crippen LogP contribution in [0.15, 0.2) is 24.3 Å². The lowest BCUT2D eigenvalue weighted by atomic mass is 9.96. The molecule has 1 saturated heterocycles. The van der Waals surface area contributed by atoms with Gasteiger partial charge in [0.2, 0.25) is 0 Å². The maximum atomic E-state index is 10.1. The van der Waals surface area contributed by atoms with Crippen LogP contribution in [-0.2, 0) is 0 Å². The van der Waals surface area contributed by atoms with Gasteiger partial charge < -0.3 is 5.11 Å². The highest BCUT2D eigenvalue weighted by atomic mass is 16.3. The molecule has 1 aromatic carbocycles. The molecule has 0 aliphatic carbocycles. The molecule has 20 heavy (non-hydrogen) atoms. The second kappa shape index (κ2) is 7.68. The fourth-order valence-electron chi connectivity index (χ4n) is 3.64. The Morgan fingerprint density at radius 1 is 1.20 bits per heavy atom. The van der Waals surface area contributed by atoms with E-state index in [4.69, 9.17) is 0 Å². The first-order chi connectivity index (χ1) is 9.76. The van der Waals surface area contributed by atoms with Gasteiger partial charge in [-0.25, -0.2) is 0 Å². The summed E-state index contributed by atoms with van der Waals surface area (Å²) >= 11 is 0. The van der Waals surface area contributed by atoms with Crippen LogP contribution < -0.4 is 0 Å². The Hall–Kier alpha value is -1.02. The van der Waals surface area contributed by atoms with Crippen molar-refractivity contribution in [3.63, 3.8) is 0 Å². The van der Waals surface area contributed by atoms with Gasteiger partial charge >= 0.3 is 0 Å². The summed E-state index contributed by atoms with van der Waals surface area (Å²) in [5.41, 5.74) is 1.10. The normalized spacial score (nSPS) is 22.4. The molecule has 1 fully saturated rings. The van der Waals surface area contributed by atoms with Gasteiger partial charge in [0.1, 0.15) is 5.75 Å². The van der Waals surface area contributed by atoms with Gasteiger partial charge in [-0.3, -0.25) is 4.90 Å². The molecule has 1 N–H and O–H groups in total. The van der Waals surface area contributed by atoms with E-state index in [1.54, 1.807) is 0 Å². The van der Waals surface area contributed by atoms with Gasteiger partial charge in [-0.15, -0.1) is 0 Å². The average Bonchev–Trinajstić information content (AvgIpc) is 2.68. The second-order valence-corrected chi connectivity index (χ2v) is 6.10. The number of para-hydroxylation sites is 1. The maximum absolute atomic E-state index is 10.1. The molecular formula is C18H29NO. The summed E-state index contributed by atoms with van der Waals surface area (Å²) in [4.78, 5) is 2.59. The molecule has 1 heterocycles. The van der Waals surface area contributed by atoms with Crippen molar-refractivity contribution in [1.29, 1.82) is 0 Å². The van der Waals surface area contributed by atoms with Crippen LogP contribution in [0.1, 0.15) is 64.0 Å². The summed E-state index contributed by atoms with van der Waals surface area (Å²) < 4.78 is 0. The predicted octanol–water partition coefficient (Wildman–Crippen LogP) is 4.75. The van der Waals surface area contributed by atoms with E-state index in [2.05, 4.69) is 24.8 Å². The molecule has 2 atom stereocenters. The Bertz CT molecular complexity index is 404. The first-order valence-electron chi connectivity index (χ1n) is 8.28. The lowest BCUT2D eigenvalue weighted by Gasteiger charge is -2.30. The largest absolute Gasteiger partial charge is 0.508 e. The summed E-state index contributed by atoms with van der Waals surface area (Å²) in [5, 5.41) is 10.1. The fraction of sp³-hybridized carbons (Fsp3) is 0.667. The number of likely N-dealkylation sites (tertiary alicyclic amines) is 1. The minimum atomic E-state index is 0.372. The van der Waals surface area contributed by atoms with Crippen molar-refractivity contribution < 1.29 is 5.11 Å². The number of benzene rings is 1. The van der Waals surface area contributed by atoms with Crippen LogP contribution in [0.3, 0.4) is 0 Å². The third kappa shape index (κ3) is 3.76. The zero-order valence-corrected chi connectivity index (χ0v) is 13.0. The van der Waals surface area contributed by atoms with Gasteiger partial charge in [-0.1, -0.05) is 44.9 Å². The van der Waals surface area contributed by atoms with Gasteiger partial charge in [-0.05, 0) is 50.8 Å². The van der Waals surface area contributed by atoms with E-state index >= 15 is 0 Å². The Balaban J connectivity index is 2.06. The van der Waals surface area contributed by atoms with Crippen LogP contribution in [-0.4, -0.2) is 23.1 Å². The third-order valence-corrected chi connectivity index (χ3v) is 4.70. The van der Waals surface area contributed by atoms with Crippen molar-refractivity contribution in [2.45, 2.75) is 58.4 Å². The van der Waals surface area contributed by atoms with Gasteiger partial charge in [0.25, 0.3) is 0 Å². The molecule has 1 aromatic rings. The molecule has 1 aliphatic heterocycles. The van der Waals surface area contributed by atoms with E-state index in [-0.39, 0.29) is 0 Å². The van der Waals surface area contributed by atoms with Crippen molar-refractivity contribution in [2.75, 3.05) is 13.1 Å². The van der Waals surface area contributed by atoms with Crippen molar-refractivity contribution in [1.82, 2.24) is 4.90 Å². The minimum Gasteiger partial charge on any atom is -0.508 e. The monoisotopic (exact) mass is 275 g/mol. The summed E-state index contributed by atoms with van der Waals surface area (Å²) in [6.45, 7) is 6.87. The number of phenols is 1. The molecule has 0 radical (unpaired) electrons. The van der Waals surface area contributed by atoms with Crippen LogP contribution in [0.4, 0.5) is 0 Å². The number of hydrogen-bond donors (Lipinski definition) is 1. The Morgan fingerprint density at radius 3 is 2.70 bits per heavy atom. The van der Waals surface area contributed by atoms with Crippen molar-refractivity contribution in [3.8, 4) is 5.75 Å². The van der Waals surface area contributed by atoms with E-state index < -0.39 is 0 Å². The molecule has 2 heteroatoms. The molecule has 0 spiro atoms. The van der Waals surface area contributed by atoms with E-state index in [0.29, 0.717) is 11.8 Å². The quantitative estimate of drug-likeness (QED) is 0.838. The van der Waals surface area contributed by atoms with E-state index in [9.17, 15) is 5.11 Å². The lowest BCUT2D eigenvalue weighted by Crippen LogP contribution is -2.29. The Morgan fingerprint density at radius 2 is 2.00 bits per heavy atom. The highest BCUT2D eigenvalue weighted by Gasteiger charge is 2.24. The molecule has 1 aliphatic rings. The van der Waals surface area contributed by atoms with Crippen molar-refractivity contribution >= 4 is 0 Å². The van der Waals surface area contributed by atoms with E-state index in [1.807, 2.05) is 18.2 Å². The number of aromatic hydroxyl groups is 1. The third-order valence-electron chi connectivity index (χ3n) is 4.70. The summed E-state index contributed by atoms with van der Waals surface area (Å²) in [7, 11) is 0. The smallest absolute Gasteiger partial charge is 0.120 e. The standard InChI is InChI=1S/C18H29NO/c1-3-8-15-9-7-13-19(14-12-15)17(4-2)16-10-5-6-11-18(16)20/h5-6,10-11,15,17,20H,3-4,7-9,12-14H2,1-2H3. The zero-order valence-electron chi connectivity index (χ0n) is 13.0. The van der Waals surface area contributed by atoms with Crippen LogP contribution in [0.25, 0.3) is 0 Å². The summed E-state index contributed by atoms with van der Waals surface area (Å²) in [6.07, 6.45) is 7.74. The zero-order chi connectivity index (χ0) is 14.4. The average molecular weight is 275 g/mol. The Labute approximate surface area is 123 Å². The van der Waals surface area contributed by atoms with E-state index in [0.717, 1.165) is 17.9 Å². The predicted molar refractivity (Wildman–Crippen MR) is 85.0 cm³/mol. The lowest BCUT2D eigenvalue weighted by molar-refractivity contribution is 0.193. The van der Waals surface area contributed by atoms with E-state index in [1.165, 1.54) is 45.2 Å². The molecule has 2 rings (SSSR count). The highest BCUT2D eigenvalue weighted by molar-refractivity contribution is 5.34. The first kappa shape index (κ1) is 15.4. The molecule has 2 nitrogen and oxygen atoms in total. The molecule has 0 bridgehead atoms. The number of nitrogens with zero attached hydrogens (tertiary/aromatic N) is 1. The van der Waals surface area contributed by atoms with Crippen LogP contribution in [0.2, 0.25) is 0 Å². The molecular weight excluding hydrogens is 246 g/mol. The Kier molecular flexibility index (Phi) is 5.90. The van der Waals surface area contributed by atoms with Crippen molar-refractivity contribution in [2.24, 2.45) is 5.92 Å². The molecule has 0 aromatic heterocycles. The number of hydrogen-bond acceptors (Lipinski definition) is 2. The highest BCUT2D eigenvalue weighted by Crippen LogP contribution is 2.33. The topological polar surface area (TPSA) is 23.5 Å². The number of rotatable bonds is 5. The summed E-state index contributed by atoms with van der Waals surface area (Å²) in [5.74, 6) is 1.36.